The Balaban J connectivity index is 1.83. The number of rotatable bonds is 8. The van der Waals surface area contributed by atoms with Crippen LogP contribution in [0.5, 0.6) is 0 Å². The van der Waals surface area contributed by atoms with E-state index in [1.807, 2.05) is 0 Å². The van der Waals surface area contributed by atoms with Crippen LogP contribution in [0.4, 0.5) is 10.1 Å². The van der Waals surface area contributed by atoms with Crippen LogP contribution in [-0.4, -0.2) is 40.1 Å². The highest BCUT2D eigenvalue weighted by atomic mass is 19.1. The minimum atomic E-state index is -0.477. The van der Waals surface area contributed by atoms with E-state index in [-0.39, 0.29) is 17.8 Å². The third kappa shape index (κ3) is 5.33. The molecule has 162 valence electrons. The average molecular weight is 424 g/mol. The fourth-order valence-electron chi connectivity index (χ4n) is 3.29. The molecule has 0 unspecified atom stereocenters. The van der Waals surface area contributed by atoms with E-state index in [1.54, 1.807) is 30.3 Å². The number of benzene rings is 2. The molecule has 0 aliphatic rings. The van der Waals surface area contributed by atoms with Crippen molar-refractivity contribution in [3.63, 3.8) is 0 Å². The average Bonchev–Trinajstić information content (AvgIpc) is 2.75. The molecule has 3 rings (SSSR count). The number of carbonyl (C=O) groups is 2. The summed E-state index contributed by atoms with van der Waals surface area (Å²) >= 11 is 0. The summed E-state index contributed by atoms with van der Waals surface area (Å²) in [6, 6.07) is 12.3. The lowest BCUT2D eigenvalue weighted by Gasteiger charge is -2.18. The van der Waals surface area contributed by atoms with Gasteiger partial charge in [-0.15, -0.1) is 0 Å². The van der Waals surface area contributed by atoms with Gasteiger partial charge in [0.2, 0.25) is 5.91 Å². The summed E-state index contributed by atoms with van der Waals surface area (Å²) in [4.78, 5) is 39.4. The summed E-state index contributed by atoms with van der Waals surface area (Å²) < 4.78 is 14.6. The quantitative estimate of drug-likeness (QED) is 0.562. The molecule has 3 aromatic rings. The minimum absolute atomic E-state index is 0.118. The zero-order valence-corrected chi connectivity index (χ0v) is 17.6. The van der Waals surface area contributed by atoms with Gasteiger partial charge in [0, 0.05) is 24.7 Å². The topological polar surface area (TPSA) is 84.3 Å². The van der Waals surface area contributed by atoms with E-state index in [4.69, 9.17) is 0 Å². The highest BCUT2D eigenvalue weighted by Gasteiger charge is 2.21. The molecule has 8 heteroatoms. The molecule has 7 nitrogen and oxygen atoms in total. The van der Waals surface area contributed by atoms with Crippen LogP contribution in [0.15, 0.2) is 53.3 Å². The van der Waals surface area contributed by atoms with Crippen LogP contribution in [0.25, 0.3) is 10.8 Å². The second-order valence-corrected chi connectivity index (χ2v) is 7.35. The molecule has 1 N–H and O–H groups in total. The maximum Gasteiger partial charge on any atom is 0.275 e. The molecular weight excluding hydrogens is 399 g/mol. The van der Waals surface area contributed by atoms with Crippen LogP contribution in [0, 0.1) is 5.82 Å². The van der Waals surface area contributed by atoms with Gasteiger partial charge in [-0.3, -0.25) is 14.4 Å². The number of hydrogen-bond acceptors (Lipinski definition) is 4. The Labute approximate surface area is 179 Å². The molecule has 0 spiro atoms. The fourth-order valence-corrected chi connectivity index (χ4v) is 3.29. The molecule has 0 aliphatic carbocycles. The minimum Gasteiger partial charge on any atom is -0.331 e. The smallest absolute Gasteiger partial charge is 0.275 e. The summed E-state index contributed by atoms with van der Waals surface area (Å²) in [5.41, 5.74) is 0.182. The number of aromatic nitrogens is 2. The molecular formula is C23H25FN4O3. The first-order valence-electron chi connectivity index (χ1n) is 10.2. The predicted octanol–water partition coefficient (Wildman–Crippen LogP) is 3.44. The standard InChI is InChI=1S/C23H25FN4O3/c1-3-4-7-13-28-22(30)19-12-6-5-11-18(19)21(26-28)23(31)27(2)15-20(29)25-17-10-8-9-16(24)14-17/h5-6,8-12,14H,3-4,7,13,15H2,1-2H3,(H,25,29). The van der Waals surface area contributed by atoms with E-state index in [0.717, 1.165) is 19.3 Å². The zero-order chi connectivity index (χ0) is 22.4. The van der Waals surface area contributed by atoms with Crippen LogP contribution >= 0.6 is 0 Å². The van der Waals surface area contributed by atoms with Gasteiger partial charge in [-0.2, -0.15) is 5.10 Å². The van der Waals surface area contributed by atoms with Crippen molar-refractivity contribution >= 4 is 28.3 Å². The number of amides is 2. The van der Waals surface area contributed by atoms with E-state index >= 15 is 0 Å². The van der Waals surface area contributed by atoms with Gasteiger partial charge < -0.3 is 10.2 Å². The van der Waals surface area contributed by atoms with Crippen molar-refractivity contribution in [2.45, 2.75) is 32.7 Å². The van der Waals surface area contributed by atoms with E-state index in [9.17, 15) is 18.8 Å². The molecule has 0 bridgehead atoms. The lowest BCUT2D eigenvalue weighted by molar-refractivity contribution is -0.116. The van der Waals surface area contributed by atoms with Crippen molar-refractivity contribution in [3.8, 4) is 0 Å². The van der Waals surface area contributed by atoms with E-state index < -0.39 is 17.6 Å². The third-order valence-corrected chi connectivity index (χ3v) is 4.88. The monoisotopic (exact) mass is 424 g/mol. The van der Waals surface area contributed by atoms with Crippen molar-refractivity contribution in [1.82, 2.24) is 14.7 Å². The number of unbranched alkanes of at least 4 members (excludes halogenated alkanes) is 2. The van der Waals surface area contributed by atoms with E-state index in [0.29, 0.717) is 23.0 Å². The van der Waals surface area contributed by atoms with Crippen LogP contribution in [-0.2, 0) is 11.3 Å². The molecule has 2 aromatic carbocycles. The first-order chi connectivity index (χ1) is 14.9. The SMILES string of the molecule is CCCCCn1nc(C(=O)N(C)CC(=O)Nc2cccc(F)c2)c2ccccc2c1=O. The van der Waals surface area contributed by atoms with Crippen molar-refractivity contribution in [2.75, 3.05) is 18.9 Å². The number of aryl methyl sites for hydroxylation is 1. The number of halogens is 1. The Morgan fingerprint density at radius 2 is 1.84 bits per heavy atom. The van der Waals surface area contributed by atoms with Gasteiger partial charge >= 0.3 is 0 Å². The van der Waals surface area contributed by atoms with Gasteiger partial charge in [0.05, 0.1) is 11.9 Å². The van der Waals surface area contributed by atoms with Crippen LogP contribution in [0.1, 0.15) is 36.7 Å². The Morgan fingerprint density at radius 3 is 2.55 bits per heavy atom. The molecule has 0 atom stereocenters. The largest absolute Gasteiger partial charge is 0.331 e. The van der Waals surface area contributed by atoms with Gasteiger partial charge in [-0.25, -0.2) is 9.07 Å². The Bertz CT molecular complexity index is 1160. The number of nitrogens with one attached hydrogen (secondary N) is 1. The lowest BCUT2D eigenvalue weighted by atomic mass is 10.1. The number of carbonyl (C=O) groups excluding carboxylic acids is 2. The number of likely N-dealkylation sites (N-methyl/N-ethyl adjacent to an activating group) is 1. The number of fused-ring (bicyclic) bond motifs is 1. The summed E-state index contributed by atoms with van der Waals surface area (Å²) in [6.45, 7) is 2.23. The molecule has 2 amide bonds. The molecule has 1 aromatic heterocycles. The molecule has 0 aliphatic heterocycles. The maximum atomic E-state index is 13.3. The Morgan fingerprint density at radius 1 is 1.10 bits per heavy atom. The molecule has 0 saturated heterocycles. The molecule has 0 saturated carbocycles. The van der Waals surface area contributed by atoms with Crippen molar-refractivity contribution in [3.05, 3.63) is 70.4 Å². The normalized spacial score (nSPS) is 10.8. The predicted molar refractivity (Wildman–Crippen MR) is 118 cm³/mol. The first kappa shape index (κ1) is 22.1. The fraction of sp³-hybridized carbons (Fsp3) is 0.304. The molecule has 0 radical (unpaired) electrons. The number of anilines is 1. The zero-order valence-electron chi connectivity index (χ0n) is 17.6. The van der Waals surface area contributed by atoms with Crippen molar-refractivity contribution in [1.29, 1.82) is 0 Å². The Kier molecular flexibility index (Phi) is 7.12. The summed E-state index contributed by atoms with van der Waals surface area (Å²) in [5.74, 6) is -1.42. The van der Waals surface area contributed by atoms with Gasteiger partial charge in [0.15, 0.2) is 5.69 Å². The highest BCUT2D eigenvalue weighted by Crippen LogP contribution is 2.16. The van der Waals surface area contributed by atoms with Gasteiger partial charge in [-0.05, 0) is 30.7 Å². The summed E-state index contributed by atoms with van der Waals surface area (Å²) in [7, 11) is 1.48. The molecule has 1 heterocycles. The second kappa shape index (κ2) is 9.97. The summed E-state index contributed by atoms with van der Waals surface area (Å²) in [5, 5.41) is 7.75. The highest BCUT2D eigenvalue weighted by molar-refractivity contribution is 6.06. The number of nitrogens with zero attached hydrogens (tertiary/aromatic N) is 3. The maximum absolute atomic E-state index is 13.3. The van der Waals surface area contributed by atoms with E-state index in [1.165, 1.54) is 34.8 Å². The third-order valence-electron chi connectivity index (χ3n) is 4.88. The van der Waals surface area contributed by atoms with Gasteiger partial charge in [0.1, 0.15) is 5.82 Å². The van der Waals surface area contributed by atoms with Gasteiger partial charge in [0.25, 0.3) is 11.5 Å². The second-order valence-electron chi connectivity index (χ2n) is 7.35. The van der Waals surface area contributed by atoms with Crippen LogP contribution in [0.2, 0.25) is 0 Å². The molecule has 31 heavy (non-hydrogen) atoms. The first-order valence-corrected chi connectivity index (χ1v) is 10.2. The van der Waals surface area contributed by atoms with Crippen LogP contribution in [0.3, 0.4) is 0 Å². The van der Waals surface area contributed by atoms with Crippen molar-refractivity contribution < 1.29 is 14.0 Å². The number of hydrogen-bond donors (Lipinski definition) is 1. The van der Waals surface area contributed by atoms with E-state index in [2.05, 4.69) is 17.3 Å². The summed E-state index contributed by atoms with van der Waals surface area (Å²) in [6.07, 6.45) is 2.73. The van der Waals surface area contributed by atoms with Gasteiger partial charge in [-0.1, -0.05) is 44.0 Å². The van der Waals surface area contributed by atoms with Crippen LogP contribution < -0.4 is 10.9 Å². The molecule has 0 fully saturated rings. The van der Waals surface area contributed by atoms with Crippen molar-refractivity contribution in [2.24, 2.45) is 0 Å². The lowest BCUT2D eigenvalue weighted by Crippen LogP contribution is -2.37. The Hall–Kier alpha value is -3.55.